The lowest BCUT2D eigenvalue weighted by Crippen LogP contribution is -2.20. The maximum Gasteiger partial charge on any atom is 0.240 e. The lowest BCUT2D eigenvalue weighted by molar-refractivity contribution is -0.124. The molecule has 0 unspecified atom stereocenters. The smallest absolute Gasteiger partial charge is 0.240 e. The van der Waals surface area contributed by atoms with Crippen molar-refractivity contribution in [2.45, 2.75) is 19.8 Å². The van der Waals surface area contributed by atoms with Crippen LogP contribution in [-0.4, -0.2) is 29.7 Å². The summed E-state index contributed by atoms with van der Waals surface area (Å²) < 4.78 is 5.77. The Balaban J connectivity index is 1.82. The number of nitrogens with zero attached hydrogens (tertiary/aromatic N) is 1. The number of carbonyl (C=O) groups is 2. The topological polar surface area (TPSA) is 100 Å². The van der Waals surface area contributed by atoms with E-state index in [9.17, 15) is 14.7 Å². The molecule has 7 nitrogen and oxygen atoms in total. The third-order valence-corrected chi connectivity index (χ3v) is 4.28. The highest BCUT2D eigenvalue weighted by molar-refractivity contribution is 9.10. The summed E-state index contributed by atoms with van der Waals surface area (Å²) in [6, 6.07) is 9.98. The molecule has 2 aromatic rings. The maximum absolute atomic E-state index is 11.9. The van der Waals surface area contributed by atoms with Crippen molar-refractivity contribution >= 4 is 51.2 Å². The molecule has 0 saturated carbocycles. The lowest BCUT2D eigenvalue weighted by atomic mass is 10.2. The number of phenolic OH excluding ortho intramolecular Hbond substituents is 1. The van der Waals surface area contributed by atoms with E-state index >= 15 is 0 Å². The van der Waals surface area contributed by atoms with E-state index in [2.05, 4.69) is 31.8 Å². The van der Waals surface area contributed by atoms with Crippen molar-refractivity contribution in [3.05, 3.63) is 51.5 Å². The van der Waals surface area contributed by atoms with Gasteiger partial charge in [0.25, 0.3) is 0 Å². The van der Waals surface area contributed by atoms with Crippen molar-refractivity contribution in [1.29, 1.82) is 0 Å². The standard InChI is InChI=1S/C19H19BrClN3O4/c1-2-28-16-9-12(8-15(20)19(16)27)11-22-24-18(26)7-6-17(25)23-14-5-3-4-13(21)10-14/h3-5,8-11,27H,2,6-7H2,1H3,(H,23,25)(H,24,26)/b22-11+. The first kappa shape index (κ1) is 21.7. The van der Waals surface area contributed by atoms with Gasteiger partial charge in [0, 0.05) is 23.6 Å². The molecule has 0 atom stereocenters. The Hall–Kier alpha value is -2.58. The highest BCUT2D eigenvalue weighted by Crippen LogP contribution is 2.35. The Morgan fingerprint density at radius 1 is 1.25 bits per heavy atom. The van der Waals surface area contributed by atoms with Crippen molar-refractivity contribution in [2.75, 3.05) is 11.9 Å². The fourth-order valence-electron chi connectivity index (χ4n) is 2.19. The van der Waals surface area contributed by atoms with Crippen LogP contribution in [0.15, 0.2) is 46.0 Å². The van der Waals surface area contributed by atoms with Crippen LogP contribution in [0.4, 0.5) is 5.69 Å². The molecule has 0 fully saturated rings. The zero-order chi connectivity index (χ0) is 20.5. The summed E-state index contributed by atoms with van der Waals surface area (Å²) >= 11 is 9.08. The first-order valence-corrected chi connectivity index (χ1v) is 9.58. The zero-order valence-electron chi connectivity index (χ0n) is 15.0. The average Bonchev–Trinajstić information content (AvgIpc) is 2.64. The second kappa shape index (κ2) is 10.7. The van der Waals surface area contributed by atoms with E-state index in [-0.39, 0.29) is 24.5 Å². The number of nitrogens with one attached hydrogen (secondary N) is 2. The van der Waals surface area contributed by atoms with Crippen LogP contribution in [0.5, 0.6) is 11.5 Å². The van der Waals surface area contributed by atoms with E-state index in [1.165, 1.54) is 6.21 Å². The quantitative estimate of drug-likeness (QED) is 0.401. The molecule has 0 spiro atoms. The molecule has 2 aromatic carbocycles. The number of hydrogen-bond donors (Lipinski definition) is 3. The number of halogens is 2. The largest absolute Gasteiger partial charge is 0.503 e. The van der Waals surface area contributed by atoms with E-state index < -0.39 is 5.91 Å². The lowest BCUT2D eigenvalue weighted by Gasteiger charge is -2.08. The number of hydrogen-bond acceptors (Lipinski definition) is 5. The van der Waals surface area contributed by atoms with Gasteiger partial charge >= 0.3 is 0 Å². The van der Waals surface area contributed by atoms with Gasteiger partial charge in [0.05, 0.1) is 17.3 Å². The maximum atomic E-state index is 11.9. The highest BCUT2D eigenvalue weighted by Gasteiger charge is 2.09. The first-order valence-electron chi connectivity index (χ1n) is 8.41. The van der Waals surface area contributed by atoms with Crippen LogP contribution in [0.2, 0.25) is 5.02 Å². The van der Waals surface area contributed by atoms with E-state index in [4.69, 9.17) is 16.3 Å². The Morgan fingerprint density at radius 3 is 2.71 bits per heavy atom. The molecule has 0 saturated heterocycles. The van der Waals surface area contributed by atoms with Gasteiger partial charge in [-0.05, 0) is 58.7 Å². The fourth-order valence-corrected chi connectivity index (χ4v) is 2.84. The molecule has 28 heavy (non-hydrogen) atoms. The van der Waals surface area contributed by atoms with Gasteiger partial charge in [-0.15, -0.1) is 0 Å². The van der Waals surface area contributed by atoms with Crippen molar-refractivity contribution in [3.8, 4) is 11.5 Å². The van der Waals surface area contributed by atoms with Gasteiger partial charge in [0.15, 0.2) is 11.5 Å². The zero-order valence-corrected chi connectivity index (χ0v) is 17.4. The van der Waals surface area contributed by atoms with Crippen LogP contribution in [0, 0.1) is 0 Å². The number of aromatic hydroxyl groups is 1. The third-order valence-electron chi connectivity index (χ3n) is 3.44. The van der Waals surface area contributed by atoms with E-state index in [1.54, 1.807) is 43.3 Å². The van der Waals surface area contributed by atoms with E-state index in [0.29, 0.717) is 33.1 Å². The van der Waals surface area contributed by atoms with Crippen LogP contribution in [0.3, 0.4) is 0 Å². The molecule has 0 aliphatic carbocycles. The molecule has 0 radical (unpaired) electrons. The summed E-state index contributed by atoms with van der Waals surface area (Å²) in [5.41, 5.74) is 3.54. The van der Waals surface area contributed by atoms with Crippen LogP contribution in [0.1, 0.15) is 25.3 Å². The summed E-state index contributed by atoms with van der Waals surface area (Å²) in [5, 5.41) is 16.9. The molecule has 0 aromatic heterocycles. The summed E-state index contributed by atoms with van der Waals surface area (Å²) in [6.45, 7) is 2.20. The number of anilines is 1. The van der Waals surface area contributed by atoms with E-state index in [1.807, 2.05) is 0 Å². The minimum atomic E-state index is -0.402. The van der Waals surface area contributed by atoms with Gasteiger partial charge in [-0.25, -0.2) is 5.43 Å². The molecular formula is C19H19BrClN3O4. The second-order valence-electron chi connectivity index (χ2n) is 5.63. The second-order valence-corrected chi connectivity index (χ2v) is 6.92. The molecule has 0 bridgehead atoms. The van der Waals surface area contributed by atoms with Gasteiger partial charge in [0.1, 0.15) is 0 Å². The van der Waals surface area contributed by atoms with Crippen LogP contribution in [0.25, 0.3) is 0 Å². The Morgan fingerprint density at radius 2 is 2.00 bits per heavy atom. The normalized spacial score (nSPS) is 10.7. The van der Waals surface area contributed by atoms with Crippen LogP contribution >= 0.6 is 27.5 Å². The number of phenols is 1. The third kappa shape index (κ3) is 6.86. The molecule has 148 valence electrons. The average molecular weight is 469 g/mol. The molecular weight excluding hydrogens is 450 g/mol. The fraction of sp³-hybridized carbons (Fsp3) is 0.211. The summed E-state index contributed by atoms with van der Waals surface area (Å²) in [4.78, 5) is 23.7. The number of benzene rings is 2. The van der Waals surface area contributed by atoms with Crippen molar-refractivity contribution in [2.24, 2.45) is 5.10 Å². The Labute approximate surface area is 175 Å². The predicted octanol–water partition coefficient (Wildman–Crippen LogP) is 4.08. The van der Waals surface area contributed by atoms with E-state index in [0.717, 1.165) is 0 Å². The minimum absolute atomic E-state index is 0.00579. The van der Waals surface area contributed by atoms with Crippen molar-refractivity contribution < 1.29 is 19.4 Å². The highest BCUT2D eigenvalue weighted by atomic mass is 79.9. The monoisotopic (exact) mass is 467 g/mol. The summed E-state index contributed by atoms with van der Waals surface area (Å²) in [6.07, 6.45) is 1.40. The number of ether oxygens (including phenoxy) is 1. The Bertz CT molecular complexity index is 889. The molecule has 3 N–H and O–H groups in total. The molecule has 2 rings (SSSR count). The number of rotatable bonds is 8. The molecule has 0 aliphatic rings. The number of amides is 2. The summed E-state index contributed by atoms with van der Waals surface area (Å²) in [5.74, 6) is -0.401. The molecule has 9 heteroatoms. The molecule has 2 amide bonds. The van der Waals surface area contributed by atoms with Crippen molar-refractivity contribution in [1.82, 2.24) is 5.43 Å². The van der Waals surface area contributed by atoms with Crippen LogP contribution in [-0.2, 0) is 9.59 Å². The van der Waals surface area contributed by atoms with Crippen LogP contribution < -0.4 is 15.5 Å². The number of hydrazone groups is 1. The molecule has 0 aliphatic heterocycles. The molecule has 0 heterocycles. The Kier molecular flexibility index (Phi) is 8.28. The van der Waals surface area contributed by atoms with Gasteiger partial charge in [-0.2, -0.15) is 5.10 Å². The minimum Gasteiger partial charge on any atom is -0.503 e. The van der Waals surface area contributed by atoms with Gasteiger partial charge < -0.3 is 15.2 Å². The number of carbonyl (C=O) groups excluding carboxylic acids is 2. The SMILES string of the molecule is CCOc1cc(/C=N/NC(=O)CCC(=O)Nc2cccc(Cl)c2)cc(Br)c1O. The van der Waals surface area contributed by atoms with Gasteiger partial charge in [-0.1, -0.05) is 17.7 Å². The van der Waals surface area contributed by atoms with Gasteiger partial charge in [0.2, 0.25) is 11.8 Å². The van der Waals surface area contributed by atoms with Gasteiger partial charge in [-0.3, -0.25) is 9.59 Å². The van der Waals surface area contributed by atoms with Crippen molar-refractivity contribution in [3.63, 3.8) is 0 Å². The first-order chi connectivity index (χ1) is 13.4. The predicted molar refractivity (Wildman–Crippen MR) is 112 cm³/mol. The summed E-state index contributed by atoms with van der Waals surface area (Å²) in [7, 11) is 0.